The lowest BCUT2D eigenvalue weighted by Gasteiger charge is -2.03. The number of ketones is 1. The predicted octanol–water partition coefficient (Wildman–Crippen LogP) is 4.81. The van der Waals surface area contributed by atoms with Crippen LogP contribution in [0.25, 0.3) is 0 Å². The van der Waals surface area contributed by atoms with Crippen LogP contribution in [0, 0.1) is 0 Å². The minimum absolute atomic E-state index is 0.301. The minimum atomic E-state index is 0.301. The third-order valence-electron chi connectivity index (χ3n) is 2.90. The summed E-state index contributed by atoms with van der Waals surface area (Å²) >= 11 is 6.02. The maximum absolute atomic E-state index is 11.7. The number of unbranched alkanes of at least 4 members (excludes halogenated alkanes) is 4. The topological polar surface area (TPSA) is 17.1 Å². The van der Waals surface area contributed by atoms with Crippen LogP contribution in [0.4, 0.5) is 0 Å². The predicted molar refractivity (Wildman–Crippen MR) is 73.5 cm³/mol. The Kier molecular flexibility index (Phi) is 6.95. The molecule has 0 saturated carbocycles. The first-order valence-corrected chi connectivity index (χ1v) is 6.87. The molecule has 0 aliphatic heterocycles. The second-order valence-corrected chi connectivity index (χ2v) is 4.88. The molecular weight excluding hydrogens is 232 g/mol. The second kappa shape index (κ2) is 8.30. The smallest absolute Gasteiger partial charge is 0.137 e. The van der Waals surface area contributed by atoms with E-state index in [1.54, 1.807) is 0 Å². The summed E-state index contributed by atoms with van der Waals surface area (Å²) in [5.74, 6) is 0.301. The monoisotopic (exact) mass is 252 g/mol. The number of benzene rings is 1. The molecule has 0 radical (unpaired) electrons. The second-order valence-electron chi connectivity index (χ2n) is 4.47. The zero-order valence-electron chi connectivity index (χ0n) is 10.5. The molecule has 0 amide bonds. The van der Waals surface area contributed by atoms with Gasteiger partial charge in [-0.25, -0.2) is 0 Å². The van der Waals surface area contributed by atoms with Gasteiger partial charge in [-0.05, 0) is 18.1 Å². The van der Waals surface area contributed by atoms with Crippen molar-refractivity contribution in [3.05, 3.63) is 34.9 Å². The summed E-state index contributed by atoms with van der Waals surface area (Å²) in [6.45, 7) is 2.20. The first kappa shape index (κ1) is 14.2. The van der Waals surface area contributed by atoms with Crippen LogP contribution in [0.5, 0.6) is 0 Å². The van der Waals surface area contributed by atoms with Crippen LogP contribution in [0.3, 0.4) is 0 Å². The van der Waals surface area contributed by atoms with Gasteiger partial charge in [-0.1, -0.05) is 62.4 Å². The van der Waals surface area contributed by atoms with Gasteiger partial charge in [-0.2, -0.15) is 0 Å². The van der Waals surface area contributed by atoms with Gasteiger partial charge in [0.1, 0.15) is 5.78 Å². The lowest BCUT2D eigenvalue weighted by molar-refractivity contribution is -0.118. The van der Waals surface area contributed by atoms with Crippen molar-refractivity contribution in [2.45, 2.75) is 51.9 Å². The molecule has 0 aromatic heterocycles. The minimum Gasteiger partial charge on any atom is -0.299 e. The van der Waals surface area contributed by atoms with E-state index in [0.29, 0.717) is 23.6 Å². The van der Waals surface area contributed by atoms with Gasteiger partial charge in [-0.3, -0.25) is 4.79 Å². The fraction of sp³-hybridized carbons (Fsp3) is 0.533. The van der Waals surface area contributed by atoms with Gasteiger partial charge in [0.15, 0.2) is 0 Å². The average Bonchev–Trinajstić information content (AvgIpc) is 2.32. The highest BCUT2D eigenvalue weighted by Gasteiger charge is 2.06. The van der Waals surface area contributed by atoms with Gasteiger partial charge >= 0.3 is 0 Å². The van der Waals surface area contributed by atoms with Gasteiger partial charge in [0, 0.05) is 17.9 Å². The van der Waals surface area contributed by atoms with Gasteiger partial charge in [0.25, 0.3) is 0 Å². The normalized spacial score (nSPS) is 10.5. The first-order valence-electron chi connectivity index (χ1n) is 6.49. The standard InChI is InChI=1S/C15H21ClO/c1-2-3-4-5-6-10-14(17)12-13-9-7-8-11-15(13)16/h7-9,11H,2-6,10,12H2,1H3. The van der Waals surface area contributed by atoms with Crippen molar-refractivity contribution in [1.29, 1.82) is 0 Å². The van der Waals surface area contributed by atoms with Gasteiger partial charge in [0.2, 0.25) is 0 Å². The summed E-state index contributed by atoms with van der Waals surface area (Å²) in [6.07, 6.45) is 7.12. The number of Topliss-reactive ketones (excluding diaryl/α,β-unsaturated/α-hetero) is 1. The molecule has 0 spiro atoms. The summed E-state index contributed by atoms with van der Waals surface area (Å²) in [5.41, 5.74) is 0.952. The van der Waals surface area contributed by atoms with E-state index in [1.807, 2.05) is 24.3 Å². The zero-order valence-corrected chi connectivity index (χ0v) is 11.3. The van der Waals surface area contributed by atoms with Crippen molar-refractivity contribution in [2.75, 3.05) is 0 Å². The van der Waals surface area contributed by atoms with Crippen molar-refractivity contribution < 1.29 is 4.79 Å². The van der Waals surface area contributed by atoms with Crippen LogP contribution in [0.15, 0.2) is 24.3 Å². The Balaban J connectivity index is 2.23. The molecule has 0 atom stereocenters. The Bertz CT molecular complexity index is 347. The van der Waals surface area contributed by atoms with Crippen LogP contribution in [-0.4, -0.2) is 5.78 Å². The van der Waals surface area contributed by atoms with Gasteiger partial charge in [-0.15, -0.1) is 0 Å². The third-order valence-corrected chi connectivity index (χ3v) is 3.27. The lowest BCUT2D eigenvalue weighted by atomic mass is 10.0. The number of hydrogen-bond donors (Lipinski definition) is 0. The van der Waals surface area contributed by atoms with Gasteiger partial charge < -0.3 is 0 Å². The van der Waals surface area contributed by atoms with Crippen molar-refractivity contribution in [3.63, 3.8) is 0 Å². The molecule has 0 N–H and O–H groups in total. The molecule has 0 fully saturated rings. The molecule has 2 heteroatoms. The van der Waals surface area contributed by atoms with Crippen molar-refractivity contribution in [2.24, 2.45) is 0 Å². The first-order chi connectivity index (χ1) is 8.24. The fourth-order valence-corrected chi connectivity index (χ4v) is 2.07. The molecule has 1 rings (SSSR count). The Morgan fingerprint density at radius 1 is 1.12 bits per heavy atom. The summed E-state index contributed by atoms with van der Waals surface area (Å²) in [4.78, 5) is 11.7. The maximum Gasteiger partial charge on any atom is 0.137 e. The Morgan fingerprint density at radius 3 is 2.53 bits per heavy atom. The van der Waals surface area contributed by atoms with Crippen molar-refractivity contribution >= 4 is 17.4 Å². The lowest BCUT2D eigenvalue weighted by Crippen LogP contribution is -2.02. The molecular formula is C15H21ClO. The molecule has 1 aromatic carbocycles. The van der Waals surface area contributed by atoms with Crippen molar-refractivity contribution in [3.8, 4) is 0 Å². The Hall–Kier alpha value is -0.820. The van der Waals surface area contributed by atoms with E-state index >= 15 is 0 Å². The summed E-state index contributed by atoms with van der Waals surface area (Å²) in [5, 5.41) is 0.701. The van der Waals surface area contributed by atoms with E-state index in [0.717, 1.165) is 12.0 Å². The van der Waals surface area contributed by atoms with E-state index in [-0.39, 0.29) is 0 Å². The summed E-state index contributed by atoms with van der Waals surface area (Å²) < 4.78 is 0. The van der Waals surface area contributed by atoms with Gasteiger partial charge in [0.05, 0.1) is 0 Å². The largest absolute Gasteiger partial charge is 0.299 e. The molecule has 0 aliphatic rings. The highest BCUT2D eigenvalue weighted by Crippen LogP contribution is 2.16. The van der Waals surface area contributed by atoms with Crippen LogP contribution < -0.4 is 0 Å². The molecule has 0 bridgehead atoms. The molecule has 94 valence electrons. The molecule has 0 heterocycles. The summed E-state index contributed by atoms with van der Waals surface area (Å²) in [6, 6.07) is 7.58. The highest BCUT2D eigenvalue weighted by atomic mass is 35.5. The molecule has 1 aromatic rings. The number of carbonyl (C=O) groups is 1. The quantitative estimate of drug-likeness (QED) is 0.607. The zero-order chi connectivity index (χ0) is 12.5. The molecule has 0 aliphatic carbocycles. The number of halogens is 1. The molecule has 0 saturated heterocycles. The number of carbonyl (C=O) groups excluding carboxylic acids is 1. The average molecular weight is 253 g/mol. The summed E-state index contributed by atoms with van der Waals surface area (Å²) in [7, 11) is 0. The van der Waals surface area contributed by atoms with Crippen LogP contribution >= 0.6 is 11.6 Å². The number of rotatable bonds is 8. The highest BCUT2D eigenvalue weighted by molar-refractivity contribution is 6.31. The third kappa shape index (κ3) is 5.88. The van der Waals surface area contributed by atoms with E-state index in [1.165, 1.54) is 25.7 Å². The molecule has 1 nitrogen and oxygen atoms in total. The van der Waals surface area contributed by atoms with Crippen molar-refractivity contribution in [1.82, 2.24) is 0 Å². The Morgan fingerprint density at radius 2 is 1.82 bits per heavy atom. The van der Waals surface area contributed by atoms with Crippen LogP contribution in [0.1, 0.15) is 51.0 Å². The van der Waals surface area contributed by atoms with E-state index in [2.05, 4.69) is 6.92 Å². The van der Waals surface area contributed by atoms with Crippen LogP contribution in [-0.2, 0) is 11.2 Å². The van der Waals surface area contributed by atoms with E-state index in [9.17, 15) is 4.79 Å². The van der Waals surface area contributed by atoms with E-state index in [4.69, 9.17) is 11.6 Å². The number of hydrogen-bond acceptors (Lipinski definition) is 1. The van der Waals surface area contributed by atoms with E-state index < -0.39 is 0 Å². The molecule has 17 heavy (non-hydrogen) atoms. The molecule has 0 unspecified atom stereocenters. The Labute approximate surface area is 109 Å². The maximum atomic E-state index is 11.7. The fourth-order valence-electron chi connectivity index (χ4n) is 1.87. The van der Waals surface area contributed by atoms with Crippen LogP contribution in [0.2, 0.25) is 5.02 Å². The SMILES string of the molecule is CCCCCCCC(=O)Cc1ccccc1Cl.